The number of amides is 1. The highest BCUT2D eigenvalue weighted by atomic mass is 16.6. The maximum atomic E-state index is 12.1. The molecular formula is C18H28BNO6. The Labute approximate surface area is 155 Å². The molecule has 1 rings (SSSR count). The van der Waals surface area contributed by atoms with Gasteiger partial charge in [0.1, 0.15) is 12.1 Å². The molecule has 0 radical (unpaired) electrons. The Bertz CT molecular complexity index is 574. The fourth-order valence-electron chi connectivity index (χ4n) is 2.57. The molecule has 0 aliphatic rings. The summed E-state index contributed by atoms with van der Waals surface area (Å²) in [5, 5.41) is 12.5. The predicted octanol–water partition coefficient (Wildman–Crippen LogP) is 0.282. The normalized spacial score (nSPS) is 13.2. The van der Waals surface area contributed by atoms with Crippen LogP contribution in [0.3, 0.4) is 0 Å². The molecule has 2 N–H and O–H groups in total. The summed E-state index contributed by atoms with van der Waals surface area (Å²) >= 11 is 0. The van der Waals surface area contributed by atoms with E-state index in [4.69, 9.17) is 14.0 Å². The molecule has 0 heterocycles. The zero-order chi connectivity index (χ0) is 19.7. The van der Waals surface area contributed by atoms with E-state index < -0.39 is 31.1 Å². The SMILES string of the molecule is COB(OC)c1ccc(C[C@@H](NC(=O)[C@H](O)CC(C)C)C(=O)OC)cc1. The van der Waals surface area contributed by atoms with Gasteiger partial charge in [-0.15, -0.1) is 0 Å². The summed E-state index contributed by atoms with van der Waals surface area (Å²) in [5.41, 5.74) is 1.67. The standard InChI is InChI=1S/C18H28BNO6/c1-12(2)10-16(21)17(22)20-15(18(23)24-3)11-13-6-8-14(9-7-13)19(25-4)26-5/h6-9,12,15-16,21H,10-11H2,1-5H3,(H,20,22)/t15-,16-/m1/s1. The van der Waals surface area contributed by atoms with E-state index in [0.717, 1.165) is 11.0 Å². The van der Waals surface area contributed by atoms with E-state index in [-0.39, 0.29) is 12.3 Å². The van der Waals surface area contributed by atoms with E-state index in [9.17, 15) is 14.7 Å². The molecule has 0 unspecified atom stereocenters. The molecule has 144 valence electrons. The minimum absolute atomic E-state index is 0.161. The van der Waals surface area contributed by atoms with Gasteiger partial charge in [0.15, 0.2) is 0 Å². The van der Waals surface area contributed by atoms with Crippen molar-refractivity contribution in [3.8, 4) is 0 Å². The molecule has 8 heteroatoms. The van der Waals surface area contributed by atoms with Gasteiger partial charge < -0.3 is 24.5 Å². The zero-order valence-electron chi connectivity index (χ0n) is 16.0. The lowest BCUT2D eigenvalue weighted by atomic mass is 9.78. The highest BCUT2D eigenvalue weighted by molar-refractivity contribution is 6.61. The van der Waals surface area contributed by atoms with Crippen LogP contribution in [0.4, 0.5) is 0 Å². The van der Waals surface area contributed by atoms with Crippen molar-refractivity contribution in [1.29, 1.82) is 0 Å². The third-order valence-corrected chi connectivity index (χ3v) is 3.92. The number of nitrogens with one attached hydrogen (secondary N) is 1. The van der Waals surface area contributed by atoms with Crippen LogP contribution in [0.15, 0.2) is 24.3 Å². The van der Waals surface area contributed by atoms with Gasteiger partial charge in [0, 0.05) is 20.6 Å². The number of benzene rings is 1. The second kappa shape index (κ2) is 11.0. The van der Waals surface area contributed by atoms with E-state index in [1.165, 1.54) is 7.11 Å². The second-order valence-corrected chi connectivity index (χ2v) is 6.48. The lowest BCUT2D eigenvalue weighted by Gasteiger charge is -2.20. The molecule has 0 aliphatic carbocycles. The molecule has 1 aromatic carbocycles. The van der Waals surface area contributed by atoms with E-state index in [0.29, 0.717) is 6.42 Å². The van der Waals surface area contributed by atoms with Gasteiger partial charge in [-0.05, 0) is 23.4 Å². The van der Waals surface area contributed by atoms with E-state index in [1.807, 2.05) is 38.1 Å². The van der Waals surface area contributed by atoms with Crippen molar-refractivity contribution in [3.63, 3.8) is 0 Å². The molecule has 1 amide bonds. The Morgan fingerprint density at radius 3 is 2.15 bits per heavy atom. The molecule has 0 bridgehead atoms. The molecule has 1 aromatic rings. The van der Waals surface area contributed by atoms with Gasteiger partial charge in [0.05, 0.1) is 7.11 Å². The summed E-state index contributed by atoms with van der Waals surface area (Å²) in [6.07, 6.45) is -0.588. The van der Waals surface area contributed by atoms with Crippen LogP contribution < -0.4 is 10.8 Å². The lowest BCUT2D eigenvalue weighted by molar-refractivity contribution is -0.146. The van der Waals surface area contributed by atoms with Gasteiger partial charge >= 0.3 is 13.1 Å². The fraction of sp³-hybridized carbons (Fsp3) is 0.556. The quantitative estimate of drug-likeness (QED) is 0.457. The Morgan fingerprint density at radius 2 is 1.69 bits per heavy atom. The molecule has 2 atom stereocenters. The van der Waals surface area contributed by atoms with Gasteiger partial charge in [0.25, 0.3) is 0 Å². The van der Waals surface area contributed by atoms with Crippen LogP contribution >= 0.6 is 0 Å². The molecule has 7 nitrogen and oxygen atoms in total. The Morgan fingerprint density at radius 1 is 1.12 bits per heavy atom. The van der Waals surface area contributed by atoms with Crippen molar-refractivity contribution in [3.05, 3.63) is 29.8 Å². The minimum atomic E-state index is -1.16. The number of methoxy groups -OCH3 is 1. The molecular weight excluding hydrogens is 337 g/mol. The summed E-state index contributed by atoms with van der Waals surface area (Å²) in [4.78, 5) is 24.1. The Balaban J connectivity index is 2.81. The van der Waals surface area contributed by atoms with Crippen LogP contribution in [0.1, 0.15) is 25.8 Å². The van der Waals surface area contributed by atoms with Crippen molar-refractivity contribution >= 4 is 24.5 Å². The predicted molar refractivity (Wildman–Crippen MR) is 99.0 cm³/mol. The molecule has 0 fully saturated rings. The average Bonchev–Trinajstić information content (AvgIpc) is 2.62. The first-order valence-corrected chi connectivity index (χ1v) is 8.53. The summed E-state index contributed by atoms with van der Waals surface area (Å²) in [5.74, 6) is -0.982. The lowest BCUT2D eigenvalue weighted by Crippen LogP contribution is -2.47. The van der Waals surface area contributed by atoms with Crippen molar-refractivity contribution in [2.24, 2.45) is 5.92 Å². The highest BCUT2D eigenvalue weighted by Crippen LogP contribution is 2.08. The van der Waals surface area contributed by atoms with E-state index >= 15 is 0 Å². The van der Waals surface area contributed by atoms with Crippen LogP contribution in [-0.4, -0.2) is 57.6 Å². The molecule has 26 heavy (non-hydrogen) atoms. The maximum absolute atomic E-state index is 12.1. The number of esters is 1. The molecule has 0 saturated heterocycles. The number of hydrogen-bond acceptors (Lipinski definition) is 6. The van der Waals surface area contributed by atoms with E-state index in [1.54, 1.807) is 14.2 Å². The number of hydrogen-bond donors (Lipinski definition) is 2. The third-order valence-electron chi connectivity index (χ3n) is 3.92. The summed E-state index contributed by atoms with van der Waals surface area (Å²) in [6.45, 7) is 3.81. The third kappa shape index (κ3) is 6.78. The second-order valence-electron chi connectivity index (χ2n) is 6.48. The zero-order valence-corrected chi connectivity index (χ0v) is 16.0. The first kappa shape index (κ1) is 22.1. The molecule has 0 aromatic heterocycles. The average molecular weight is 365 g/mol. The number of carbonyl (C=O) groups excluding carboxylic acids is 2. The van der Waals surface area contributed by atoms with Crippen molar-refractivity contribution in [2.45, 2.75) is 38.8 Å². The first-order valence-electron chi connectivity index (χ1n) is 8.53. The number of aliphatic hydroxyl groups excluding tert-OH is 1. The monoisotopic (exact) mass is 365 g/mol. The van der Waals surface area contributed by atoms with Gasteiger partial charge in [0.2, 0.25) is 5.91 Å². The summed E-state index contributed by atoms with van der Waals surface area (Å²) in [7, 11) is 3.89. The van der Waals surface area contributed by atoms with Gasteiger partial charge in [-0.2, -0.15) is 0 Å². The van der Waals surface area contributed by atoms with Crippen LogP contribution in [0.2, 0.25) is 0 Å². The molecule has 0 spiro atoms. The number of aliphatic hydroxyl groups is 1. The van der Waals surface area contributed by atoms with Gasteiger partial charge in [-0.1, -0.05) is 38.1 Å². The molecule has 0 saturated carbocycles. The van der Waals surface area contributed by atoms with Gasteiger partial charge in [-0.25, -0.2) is 4.79 Å². The Hall–Kier alpha value is -1.90. The van der Waals surface area contributed by atoms with Crippen LogP contribution in [0, 0.1) is 5.92 Å². The van der Waals surface area contributed by atoms with Crippen molar-refractivity contribution < 1.29 is 28.7 Å². The smallest absolute Gasteiger partial charge is 0.467 e. The summed E-state index contributed by atoms with van der Waals surface area (Å²) < 4.78 is 15.2. The summed E-state index contributed by atoms with van der Waals surface area (Å²) in [6, 6.07) is 6.44. The van der Waals surface area contributed by atoms with Gasteiger partial charge in [-0.3, -0.25) is 4.79 Å². The maximum Gasteiger partial charge on any atom is 0.493 e. The van der Waals surface area contributed by atoms with Crippen molar-refractivity contribution in [1.82, 2.24) is 5.32 Å². The number of ether oxygens (including phenoxy) is 1. The number of rotatable bonds is 10. The minimum Gasteiger partial charge on any atom is -0.467 e. The fourth-order valence-corrected chi connectivity index (χ4v) is 2.57. The Kier molecular flexibility index (Phi) is 9.33. The van der Waals surface area contributed by atoms with Crippen molar-refractivity contribution in [2.75, 3.05) is 21.3 Å². The number of carbonyl (C=O) groups is 2. The highest BCUT2D eigenvalue weighted by Gasteiger charge is 2.26. The van der Waals surface area contributed by atoms with Crippen LogP contribution in [-0.2, 0) is 30.1 Å². The first-order chi connectivity index (χ1) is 12.3. The van der Waals surface area contributed by atoms with Crippen LogP contribution in [0.25, 0.3) is 0 Å². The van der Waals surface area contributed by atoms with Crippen LogP contribution in [0.5, 0.6) is 0 Å². The molecule has 0 aliphatic heterocycles. The largest absolute Gasteiger partial charge is 0.493 e. The topological polar surface area (TPSA) is 94.1 Å². The van der Waals surface area contributed by atoms with E-state index in [2.05, 4.69) is 5.32 Å².